The third kappa shape index (κ3) is 1.92. The monoisotopic (exact) mass is 199 g/mol. The molecule has 0 aromatic heterocycles. The summed E-state index contributed by atoms with van der Waals surface area (Å²) in [6, 6.07) is 3.05. The maximum atomic E-state index is 11.0. The van der Waals surface area contributed by atoms with Crippen LogP contribution in [0.25, 0.3) is 0 Å². The van der Waals surface area contributed by atoms with Gasteiger partial charge >= 0.3 is 0 Å². The largest absolute Gasteiger partial charge is 0.495 e. The molecule has 0 saturated heterocycles. The van der Waals surface area contributed by atoms with Crippen molar-refractivity contribution in [3.05, 3.63) is 22.7 Å². The van der Waals surface area contributed by atoms with E-state index in [1.165, 1.54) is 26.2 Å². The fraction of sp³-hybridized carbons (Fsp3) is 0.222. The van der Waals surface area contributed by atoms with Crippen LogP contribution in [0.15, 0.2) is 12.1 Å². The van der Waals surface area contributed by atoms with E-state index >= 15 is 0 Å². The Kier molecular flexibility index (Phi) is 2.78. The Balaban J connectivity index is 3.28. The number of halogens is 1. The lowest BCUT2D eigenvalue weighted by Crippen LogP contribution is -1.98. The first-order chi connectivity index (χ1) is 6.06. The standard InChI is InChI=1S/C9H10ClNO2/c1-5(12)6-3-8(11)9(13-2)4-7(6)10/h3-4H,11H2,1-2H3. The summed E-state index contributed by atoms with van der Waals surface area (Å²) in [5.74, 6) is 0.370. The Hall–Kier alpha value is -1.22. The topological polar surface area (TPSA) is 52.3 Å². The van der Waals surface area contributed by atoms with Crippen LogP contribution in [0.5, 0.6) is 5.75 Å². The van der Waals surface area contributed by atoms with Gasteiger partial charge in [0.2, 0.25) is 0 Å². The number of ketones is 1. The molecular formula is C9H10ClNO2. The molecule has 0 aliphatic carbocycles. The molecule has 0 bridgehead atoms. The van der Waals surface area contributed by atoms with Crippen LogP contribution in [0, 0.1) is 0 Å². The number of benzene rings is 1. The summed E-state index contributed by atoms with van der Waals surface area (Å²) in [5.41, 5.74) is 6.43. The minimum Gasteiger partial charge on any atom is -0.495 e. The lowest BCUT2D eigenvalue weighted by atomic mass is 10.1. The van der Waals surface area contributed by atoms with E-state index in [0.717, 1.165) is 0 Å². The maximum Gasteiger partial charge on any atom is 0.161 e. The summed E-state index contributed by atoms with van der Waals surface area (Å²) in [5, 5.41) is 0.360. The summed E-state index contributed by atoms with van der Waals surface area (Å²) in [6.45, 7) is 1.44. The molecule has 0 atom stereocenters. The van der Waals surface area contributed by atoms with Crippen molar-refractivity contribution in [2.45, 2.75) is 6.92 Å². The van der Waals surface area contributed by atoms with E-state index in [2.05, 4.69) is 0 Å². The lowest BCUT2D eigenvalue weighted by Gasteiger charge is -2.07. The highest BCUT2D eigenvalue weighted by molar-refractivity contribution is 6.34. The molecule has 0 heterocycles. The van der Waals surface area contributed by atoms with Crippen LogP contribution < -0.4 is 10.5 Å². The van der Waals surface area contributed by atoms with Gasteiger partial charge in [0.05, 0.1) is 17.8 Å². The second-order valence-corrected chi connectivity index (χ2v) is 3.04. The van der Waals surface area contributed by atoms with Crippen LogP contribution in [0.3, 0.4) is 0 Å². The minimum atomic E-state index is -0.112. The zero-order valence-electron chi connectivity index (χ0n) is 7.43. The smallest absolute Gasteiger partial charge is 0.161 e. The molecule has 0 saturated carbocycles. The van der Waals surface area contributed by atoms with Crippen molar-refractivity contribution in [3.63, 3.8) is 0 Å². The van der Waals surface area contributed by atoms with Gasteiger partial charge in [-0.05, 0) is 13.0 Å². The number of ether oxygens (including phenoxy) is 1. The molecule has 70 valence electrons. The number of rotatable bonds is 2. The van der Waals surface area contributed by atoms with Crippen molar-refractivity contribution in [1.82, 2.24) is 0 Å². The third-order valence-electron chi connectivity index (χ3n) is 1.70. The highest BCUT2D eigenvalue weighted by Crippen LogP contribution is 2.29. The molecule has 0 unspecified atom stereocenters. The number of Topliss-reactive ketones (excluding diaryl/α,β-unsaturated/α-hetero) is 1. The van der Waals surface area contributed by atoms with Gasteiger partial charge in [-0.25, -0.2) is 0 Å². The molecule has 1 aromatic rings. The summed E-state index contributed by atoms with van der Waals surface area (Å²) in [7, 11) is 1.50. The molecule has 0 radical (unpaired) electrons. The average molecular weight is 200 g/mol. The number of carbonyl (C=O) groups excluding carboxylic acids is 1. The zero-order chi connectivity index (χ0) is 10.0. The highest BCUT2D eigenvalue weighted by atomic mass is 35.5. The van der Waals surface area contributed by atoms with Crippen molar-refractivity contribution >= 4 is 23.1 Å². The first kappa shape index (κ1) is 9.86. The number of anilines is 1. The van der Waals surface area contributed by atoms with E-state index in [4.69, 9.17) is 22.1 Å². The van der Waals surface area contributed by atoms with Gasteiger partial charge in [0, 0.05) is 11.6 Å². The van der Waals surface area contributed by atoms with Crippen LogP contribution in [0.2, 0.25) is 5.02 Å². The number of hydrogen-bond acceptors (Lipinski definition) is 3. The second kappa shape index (κ2) is 3.66. The molecule has 4 heteroatoms. The Morgan fingerprint density at radius 1 is 1.54 bits per heavy atom. The molecule has 0 aliphatic rings. The molecular weight excluding hydrogens is 190 g/mol. The Labute approximate surface area is 81.4 Å². The van der Waals surface area contributed by atoms with Crippen molar-refractivity contribution < 1.29 is 9.53 Å². The van der Waals surface area contributed by atoms with Gasteiger partial charge in [-0.3, -0.25) is 4.79 Å². The first-order valence-corrected chi connectivity index (χ1v) is 4.08. The van der Waals surface area contributed by atoms with E-state index in [1.54, 1.807) is 0 Å². The van der Waals surface area contributed by atoms with Gasteiger partial charge in [0.15, 0.2) is 5.78 Å². The molecule has 3 nitrogen and oxygen atoms in total. The number of nitrogen functional groups attached to an aromatic ring is 1. The van der Waals surface area contributed by atoms with Crippen LogP contribution in [-0.2, 0) is 0 Å². The molecule has 0 aliphatic heterocycles. The van der Waals surface area contributed by atoms with Gasteiger partial charge in [0.1, 0.15) is 5.75 Å². The summed E-state index contributed by atoms with van der Waals surface area (Å²) < 4.78 is 4.94. The zero-order valence-corrected chi connectivity index (χ0v) is 8.18. The molecule has 1 rings (SSSR count). The normalized spacial score (nSPS) is 9.77. The summed E-state index contributed by atoms with van der Waals surface area (Å²) >= 11 is 5.82. The second-order valence-electron chi connectivity index (χ2n) is 2.63. The van der Waals surface area contributed by atoms with Crippen LogP contribution in [-0.4, -0.2) is 12.9 Å². The molecule has 0 spiro atoms. The third-order valence-corrected chi connectivity index (χ3v) is 2.01. The quantitative estimate of drug-likeness (QED) is 0.587. The van der Waals surface area contributed by atoms with E-state index in [0.29, 0.717) is 22.0 Å². The van der Waals surface area contributed by atoms with Crippen LogP contribution >= 0.6 is 11.6 Å². The fourth-order valence-electron chi connectivity index (χ4n) is 1.02. The van der Waals surface area contributed by atoms with Crippen LogP contribution in [0.1, 0.15) is 17.3 Å². The first-order valence-electron chi connectivity index (χ1n) is 3.70. The summed E-state index contributed by atoms with van der Waals surface area (Å²) in [6.07, 6.45) is 0. The predicted octanol–water partition coefficient (Wildman–Crippen LogP) is 2.13. The van der Waals surface area contributed by atoms with Crippen molar-refractivity contribution in [2.24, 2.45) is 0 Å². The van der Waals surface area contributed by atoms with E-state index in [1.807, 2.05) is 0 Å². The van der Waals surface area contributed by atoms with Gasteiger partial charge in [-0.15, -0.1) is 0 Å². The van der Waals surface area contributed by atoms with Gasteiger partial charge in [-0.1, -0.05) is 11.6 Å². The van der Waals surface area contributed by atoms with Gasteiger partial charge < -0.3 is 10.5 Å². The Morgan fingerprint density at radius 3 is 2.62 bits per heavy atom. The van der Waals surface area contributed by atoms with Crippen molar-refractivity contribution in [2.75, 3.05) is 12.8 Å². The van der Waals surface area contributed by atoms with Crippen LogP contribution in [0.4, 0.5) is 5.69 Å². The average Bonchev–Trinajstić information content (AvgIpc) is 2.07. The number of nitrogens with two attached hydrogens (primary N) is 1. The van der Waals surface area contributed by atoms with Gasteiger partial charge in [-0.2, -0.15) is 0 Å². The maximum absolute atomic E-state index is 11.0. The minimum absolute atomic E-state index is 0.112. The SMILES string of the molecule is COc1cc(Cl)c(C(C)=O)cc1N. The Bertz CT molecular complexity index is 350. The highest BCUT2D eigenvalue weighted by Gasteiger charge is 2.09. The number of methoxy groups -OCH3 is 1. The van der Waals surface area contributed by atoms with Crippen molar-refractivity contribution in [3.8, 4) is 5.75 Å². The summed E-state index contributed by atoms with van der Waals surface area (Å²) in [4.78, 5) is 11.0. The van der Waals surface area contributed by atoms with E-state index in [-0.39, 0.29) is 5.78 Å². The number of carbonyl (C=O) groups is 1. The predicted molar refractivity (Wildman–Crippen MR) is 52.4 cm³/mol. The van der Waals surface area contributed by atoms with Crippen molar-refractivity contribution in [1.29, 1.82) is 0 Å². The lowest BCUT2D eigenvalue weighted by molar-refractivity contribution is 0.101. The van der Waals surface area contributed by atoms with Gasteiger partial charge in [0.25, 0.3) is 0 Å². The molecule has 13 heavy (non-hydrogen) atoms. The molecule has 2 N–H and O–H groups in total. The Morgan fingerprint density at radius 2 is 2.15 bits per heavy atom. The van der Waals surface area contributed by atoms with E-state index < -0.39 is 0 Å². The molecule has 0 fully saturated rings. The fourth-order valence-corrected chi connectivity index (χ4v) is 1.31. The van der Waals surface area contributed by atoms with E-state index in [9.17, 15) is 4.79 Å². The molecule has 0 amide bonds. The molecule has 1 aromatic carbocycles. The number of hydrogen-bond donors (Lipinski definition) is 1.